The number of hydrogen-bond acceptors (Lipinski definition) is 3. The van der Waals surface area contributed by atoms with E-state index < -0.39 is 11.1 Å². The zero-order valence-corrected chi connectivity index (χ0v) is 8.54. The molecule has 1 aliphatic carbocycles. The van der Waals surface area contributed by atoms with Gasteiger partial charge in [0.2, 0.25) is 0 Å². The van der Waals surface area contributed by atoms with Gasteiger partial charge in [-0.2, -0.15) is 0 Å². The fourth-order valence-corrected chi connectivity index (χ4v) is 3.66. The molecule has 3 heteroatoms. The molecule has 0 radical (unpaired) electrons. The molecule has 2 saturated heterocycles. The van der Waals surface area contributed by atoms with Crippen molar-refractivity contribution in [1.82, 2.24) is 0 Å². The highest BCUT2D eigenvalue weighted by atomic mass is 16.5. The van der Waals surface area contributed by atoms with Crippen LogP contribution in [0.1, 0.15) is 44.9 Å². The van der Waals surface area contributed by atoms with E-state index in [4.69, 9.17) is 10.5 Å². The van der Waals surface area contributed by atoms with Gasteiger partial charge in [-0.25, -0.2) is 0 Å². The lowest BCUT2D eigenvalue weighted by Gasteiger charge is -2.43. The number of nitrogens with two attached hydrogens (primary N) is 1. The van der Waals surface area contributed by atoms with Gasteiger partial charge in [0.1, 0.15) is 0 Å². The molecule has 0 aromatic rings. The van der Waals surface area contributed by atoms with Crippen molar-refractivity contribution in [2.75, 3.05) is 0 Å². The molecule has 3 rings (SSSR count). The maximum atomic E-state index is 10.6. The molecule has 3 aliphatic rings. The Morgan fingerprint density at radius 1 is 1.21 bits per heavy atom. The summed E-state index contributed by atoms with van der Waals surface area (Å²) in [5, 5.41) is 10.6. The van der Waals surface area contributed by atoms with Crippen molar-refractivity contribution in [3.63, 3.8) is 0 Å². The number of ether oxygens (including phenoxy) is 1. The second-order valence-corrected chi connectivity index (χ2v) is 5.31. The van der Waals surface area contributed by atoms with Crippen LogP contribution in [0.15, 0.2) is 0 Å². The Balaban J connectivity index is 1.89. The molecule has 2 aliphatic heterocycles. The van der Waals surface area contributed by atoms with E-state index in [1.54, 1.807) is 0 Å². The topological polar surface area (TPSA) is 55.5 Å². The van der Waals surface area contributed by atoms with E-state index in [1.807, 2.05) is 0 Å². The van der Waals surface area contributed by atoms with Crippen molar-refractivity contribution in [1.29, 1.82) is 0 Å². The van der Waals surface area contributed by atoms with Crippen molar-refractivity contribution in [2.24, 2.45) is 5.73 Å². The Morgan fingerprint density at radius 2 is 1.93 bits per heavy atom. The molecular formula is C11H19NO2. The number of hydrogen-bond donors (Lipinski definition) is 2. The molecule has 1 saturated carbocycles. The lowest BCUT2D eigenvalue weighted by Crippen LogP contribution is -2.64. The van der Waals surface area contributed by atoms with Gasteiger partial charge in [-0.15, -0.1) is 0 Å². The quantitative estimate of drug-likeness (QED) is 0.657. The zero-order valence-electron chi connectivity index (χ0n) is 8.54. The molecule has 0 spiro atoms. The minimum Gasteiger partial charge on any atom is -0.388 e. The molecule has 3 fully saturated rings. The highest BCUT2D eigenvalue weighted by Gasteiger charge is 2.61. The van der Waals surface area contributed by atoms with Gasteiger partial charge in [0, 0.05) is 0 Å². The number of fused-ring (bicyclic) bond motifs is 2. The largest absolute Gasteiger partial charge is 0.388 e. The Labute approximate surface area is 84.6 Å². The summed E-state index contributed by atoms with van der Waals surface area (Å²) in [5.74, 6) is 0. The van der Waals surface area contributed by atoms with E-state index in [-0.39, 0.29) is 6.10 Å². The van der Waals surface area contributed by atoms with Gasteiger partial charge in [-0.1, -0.05) is 12.8 Å². The van der Waals surface area contributed by atoms with Gasteiger partial charge in [0.15, 0.2) is 0 Å². The monoisotopic (exact) mass is 197 g/mol. The molecular weight excluding hydrogens is 178 g/mol. The molecule has 0 aromatic carbocycles. The Morgan fingerprint density at radius 3 is 2.43 bits per heavy atom. The summed E-state index contributed by atoms with van der Waals surface area (Å²) < 4.78 is 5.78. The van der Waals surface area contributed by atoms with E-state index in [1.165, 1.54) is 0 Å². The van der Waals surface area contributed by atoms with Gasteiger partial charge in [0.25, 0.3) is 0 Å². The SMILES string of the molecule is NC1(C2(O)CCCC2)CC2CCC1O2. The summed E-state index contributed by atoms with van der Waals surface area (Å²) in [5.41, 5.74) is 5.34. The molecule has 2 heterocycles. The normalized spacial score (nSPS) is 50.1. The second-order valence-electron chi connectivity index (χ2n) is 5.31. The maximum Gasteiger partial charge on any atom is 0.0852 e. The van der Waals surface area contributed by atoms with Crippen LogP contribution in [-0.2, 0) is 4.74 Å². The first-order valence-corrected chi connectivity index (χ1v) is 5.81. The molecule has 2 bridgehead atoms. The van der Waals surface area contributed by atoms with Gasteiger partial charge in [-0.05, 0) is 32.1 Å². The van der Waals surface area contributed by atoms with Crippen LogP contribution in [0, 0.1) is 0 Å². The van der Waals surface area contributed by atoms with Gasteiger partial charge in [0.05, 0.1) is 23.3 Å². The predicted octanol–water partition coefficient (Wildman–Crippen LogP) is 0.940. The van der Waals surface area contributed by atoms with Crippen LogP contribution in [0.3, 0.4) is 0 Å². The summed E-state index contributed by atoms with van der Waals surface area (Å²) in [6, 6.07) is 0. The van der Waals surface area contributed by atoms with Crippen molar-refractivity contribution < 1.29 is 9.84 Å². The lowest BCUT2D eigenvalue weighted by molar-refractivity contribution is -0.0591. The highest BCUT2D eigenvalue weighted by Crippen LogP contribution is 2.50. The third-order valence-corrected chi connectivity index (χ3v) is 4.54. The second kappa shape index (κ2) is 2.71. The smallest absolute Gasteiger partial charge is 0.0852 e. The van der Waals surface area contributed by atoms with E-state index in [9.17, 15) is 5.11 Å². The van der Waals surface area contributed by atoms with Gasteiger partial charge in [-0.3, -0.25) is 0 Å². The van der Waals surface area contributed by atoms with Crippen LogP contribution in [0.2, 0.25) is 0 Å². The number of aliphatic hydroxyl groups is 1. The molecule has 3 N–H and O–H groups in total. The Hall–Kier alpha value is -0.120. The third kappa shape index (κ3) is 0.980. The standard InChI is InChI=1S/C11H19NO2/c12-11(10(13)5-1-2-6-10)7-8-3-4-9(11)14-8/h8-9,13H,1-7,12H2. The van der Waals surface area contributed by atoms with Crippen molar-refractivity contribution in [3.8, 4) is 0 Å². The van der Waals surface area contributed by atoms with E-state index in [0.717, 1.165) is 44.9 Å². The summed E-state index contributed by atoms with van der Waals surface area (Å²) in [6.07, 6.45) is 7.48. The van der Waals surface area contributed by atoms with Crippen molar-refractivity contribution >= 4 is 0 Å². The summed E-state index contributed by atoms with van der Waals surface area (Å²) in [6.45, 7) is 0. The molecule has 3 nitrogen and oxygen atoms in total. The molecule has 14 heavy (non-hydrogen) atoms. The molecule has 0 aromatic heterocycles. The first kappa shape index (κ1) is 9.13. The Kier molecular flexibility index (Phi) is 1.77. The first-order chi connectivity index (χ1) is 6.64. The summed E-state index contributed by atoms with van der Waals surface area (Å²) >= 11 is 0. The highest BCUT2D eigenvalue weighted by molar-refractivity contribution is 5.16. The Bertz CT molecular complexity index is 250. The predicted molar refractivity (Wildman–Crippen MR) is 52.8 cm³/mol. The van der Waals surface area contributed by atoms with Crippen molar-refractivity contribution in [3.05, 3.63) is 0 Å². The van der Waals surface area contributed by atoms with Crippen LogP contribution in [0.25, 0.3) is 0 Å². The average molecular weight is 197 g/mol. The van der Waals surface area contributed by atoms with Gasteiger partial charge >= 0.3 is 0 Å². The van der Waals surface area contributed by atoms with E-state index >= 15 is 0 Å². The van der Waals surface area contributed by atoms with Crippen LogP contribution < -0.4 is 5.73 Å². The minimum absolute atomic E-state index is 0.121. The van der Waals surface area contributed by atoms with Crippen LogP contribution >= 0.6 is 0 Å². The molecule has 3 unspecified atom stereocenters. The number of rotatable bonds is 1. The maximum absolute atomic E-state index is 10.6. The first-order valence-electron chi connectivity index (χ1n) is 5.81. The summed E-state index contributed by atoms with van der Waals surface area (Å²) in [7, 11) is 0. The van der Waals surface area contributed by atoms with Crippen LogP contribution in [0.4, 0.5) is 0 Å². The fraction of sp³-hybridized carbons (Fsp3) is 1.00. The summed E-state index contributed by atoms with van der Waals surface area (Å²) in [4.78, 5) is 0. The molecule has 3 atom stereocenters. The van der Waals surface area contributed by atoms with Gasteiger partial charge < -0.3 is 15.6 Å². The zero-order chi connectivity index (χ0) is 9.81. The van der Waals surface area contributed by atoms with E-state index in [2.05, 4.69) is 0 Å². The average Bonchev–Trinajstić information content (AvgIpc) is 2.79. The minimum atomic E-state index is -0.632. The van der Waals surface area contributed by atoms with Crippen LogP contribution in [-0.4, -0.2) is 28.5 Å². The third-order valence-electron chi connectivity index (χ3n) is 4.54. The van der Waals surface area contributed by atoms with Crippen molar-refractivity contribution in [2.45, 2.75) is 68.3 Å². The lowest BCUT2D eigenvalue weighted by atomic mass is 9.69. The fourth-order valence-electron chi connectivity index (χ4n) is 3.66. The molecule has 0 amide bonds. The molecule has 80 valence electrons. The van der Waals surface area contributed by atoms with E-state index in [0.29, 0.717) is 6.10 Å². The van der Waals surface area contributed by atoms with Crippen LogP contribution in [0.5, 0.6) is 0 Å².